The molecule has 72 valence electrons. The Morgan fingerprint density at radius 3 is 2.46 bits per heavy atom. The maximum atomic E-state index is 4.16. The van der Waals surface area contributed by atoms with Crippen LogP contribution in [0.1, 0.15) is 18.9 Å². The van der Waals surface area contributed by atoms with Gasteiger partial charge in [-0.1, -0.05) is 19.1 Å². The van der Waals surface area contributed by atoms with Crippen molar-refractivity contribution in [3.63, 3.8) is 0 Å². The highest BCUT2D eigenvalue weighted by molar-refractivity contribution is 7.80. The third-order valence-corrected chi connectivity index (χ3v) is 2.34. The van der Waals surface area contributed by atoms with Crippen LogP contribution >= 0.6 is 12.6 Å². The van der Waals surface area contributed by atoms with Gasteiger partial charge in [0.05, 0.1) is 0 Å². The van der Waals surface area contributed by atoms with E-state index < -0.39 is 0 Å². The molecule has 0 spiro atoms. The second-order valence-electron chi connectivity index (χ2n) is 3.05. The highest BCUT2D eigenvalue weighted by Gasteiger charge is 1.91. The fourth-order valence-electron chi connectivity index (χ4n) is 1.17. The minimum absolute atomic E-state index is 0.944. The molecule has 1 nitrogen and oxygen atoms in total. The van der Waals surface area contributed by atoms with Crippen molar-refractivity contribution in [2.24, 2.45) is 0 Å². The molecule has 0 fully saturated rings. The van der Waals surface area contributed by atoms with Gasteiger partial charge >= 0.3 is 0 Å². The van der Waals surface area contributed by atoms with Crippen molar-refractivity contribution in [1.82, 2.24) is 0 Å². The van der Waals surface area contributed by atoms with Gasteiger partial charge in [-0.15, -0.1) is 0 Å². The Labute approximate surface area is 86.0 Å². The van der Waals surface area contributed by atoms with E-state index in [4.69, 9.17) is 0 Å². The van der Waals surface area contributed by atoms with E-state index in [1.165, 1.54) is 11.3 Å². The minimum atomic E-state index is 0.944. The maximum absolute atomic E-state index is 4.16. The van der Waals surface area contributed by atoms with Gasteiger partial charge in [-0.3, -0.25) is 0 Å². The lowest BCUT2D eigenvalue weighted by atomic mass is 10.1. The fraction of sp³-hybridized carbons (Fsp3) is 0.455. The van der Waals surface area contributed by atoms with E-state index in [1.807, 2.05) is 0 Å². The van der Waals surface area contributed by atoms with Crippen LogP contribution in [0.2, 0.25) is 0 Å². The predicted molar refractivity (Wildman–Crippen MR) is 62.8 cm³/mol. The van der Waals surface area contributed by atoms with Gasteiger partial charge < -0.3 is 5.32 Å². The molecule has 0 bridgehead atoms. The summed E-state index contributed by atoms with van der Waals surface area (Å²) in [6, 6.07) is 8.61. The molecule has 0 radical (unpaired) electrons. The number of rotatable bonds is 5. The van der Waals surface area contributed by atoms with E-state index in [1.54, 1.807) is 0 Å². The van der Waals surface area contributed by atoms with Gasteiger partial charge in [0.1, 0.15) is 0 Å². The Morgan fingerprint density at radius 2 is 1.92 bits per heavy atom. The molecule has 0 aliphatic heterocycles. The molecule has 0 amide bonds. The summed E-state index contributed by atoms with van der Waals surface area (Å²) in [5.41, 5.74) is 2.60. The average Bonchev–Trinajstić information content (AvgIpc) is 2.19. The summed E-state index contributed by atoms with van der Waals surface area (Å²) in [6.45, 7) is 3.18. The van der Waals surface area contributed by atoms with Gasteiger partial charge in [-0.2, -0.15) is 12.6 Å². The first-order valence-electron chi connectivity index (χ1n) is 4.80. The number of thiol groups is 1. The highest BCUT2D eigenvalue weighted by Crippen LogP contribution is 2.09. The number of benzene rings is 1. The molecule has 0 saturated carbocycles. The van der Waals surface area contributed by atoms with Crippen molar-refractivity contribution in [2.45, 2.75) is 19.8 Å². The molecule has 1 aromatic rings. The Kier molecular flexibility index (Phi) is 4.76. The van der Waals surface area contributed by atoms with Crippen molar-refractivity contribution >= 4 is 18.3 Å². The Balaban J connectivity index is 2.40. The number of nitrogens with one attached hydrogen (secondary N) is 1. The van der Waals surface area contributed by atoms with E-state index in [2.05, 4.69) is 49.1 Å². The molecule has 1 aromatic carbocycles. The second kappa shape index (κ2) is 5.92. The summed E-state index contributed by atoms with van der Waals surface area (Å²) in [5, 5.41) is 3.35. The summed E-state index contributed by atoms with van der Waals surface area (Å²) in [5.74, 6) is 0.944. The summed E-state index contributed by atoms with van der Waals surface area (Å²) in [7, 11) is 0. The summed E-state index contributed by atoms with van der Waals surface area (Å²) in [4.78, 5) is 0. The van der Waals surface area contributed by atoms with Crippen LogP contribution in [0, 0.1) is 0 Å². The van der Waals surface area contributed by atoms with Crippen LogP contribution in [0.15, 0.2) is 24.3 Å². The standard InChI is InChI=1S/C11H17NS/c1-2-10-4-6-11(7-5-10)12-8-3-9-13/h4-7,12-13H,2-3,8-9H2,1H3. The van der Waals surface area contributed by atoms with Crippen molar-refractivity contribution in [1.29, 1.82) is 0 Å². The summed E-state index contributed by atoms with van der Waals surface area (Å²) in [6.07, 6.45) is 2.22. The summed E-state index contributed by atoms with van der Waals surface area (Å²) < 4.78 is 0. The van der Waals surface area contributed by atoms with Crippen LogP contribution in [-0.2, 0) is 6.42 Å². The lowest BCUT2D eigenvalue weighted by Gasteiger charge is -2.05. The SMILES string of the molecule is CCc1ccc(NCCCS)cc1. The molecule has 0 unspecified atom stereocenters. The van der Waals surface area contributed by atoms with Crippen LogP contribution < -0.4 is 5.32 Å². The Bertz CT molecular complexity index is 230. The van der Waals surface area contributed by atoms with Crippen molar-refractivity contribution < 1.29 is 0 Å². The topological polar surface area (TPSA) is 12.0 Å². The molecule has 0 heterocycles. The lowest BCUT2D eigenvalue weighted by molar-refractivity contribution is 0.994. The van der Waals surface area contributed by atoms with E-state index in [0.717, 1.165) is 25.1 Å². The largest absolute Gasteiger partial charge is 0.385 e. The first kappa shape index (κ1) is 10.5. The van der Waals surface area contributed by atoms with Crippen LogP contribution in [0.3, 0.4) is 0 Å². The third kappa shape index (κ3) is 3.73. The van der Waals surface area contributed by atoms with E-state index in [9.17, 15) is 0 Å². The molecule has 0 saturated heterocycles. The zero-order valence-electron chi connectivity index (χ0n) is 8.09. The molecule has 0 aliphatic carbocycles. The zero-order valence-corrected chi connectivity index (χ0v) is 8.98. The quantitative estimate of drug-likeness (QED) is 0.544. The van der Waals surface area contributed by atoms with Gasteiger partial charge in [0.15, 0.2) is 0 Å². The molecule has 0 aromatic heterocycles. The van der Waals surface area contributed by atoms with Gasteiger partial charge in [0, 0.05) is 12.2 Å². The van der Waals surface area contributed by atoms with Crippen molar-refractivity contribution in [2.75, 3.05) is 17.6 Å². The van der Waals surface area contributed by atoms with Crippen LogP contribution in [0.4, 0.5) is 5.69 Å². The van der Waals surface area contributed by atoms with Crippen molar-refractivity contribution in [3.8, 4) is 0 Å². The van der Waals surface area contributed by atoms with Gasteiger partial charge in [0.25, 0.3) is 0 Å². The van der Waals surface area contributed by atoms with Crippen LogP contribution in [0.25, 0.3) is 0 Å². The normalized spacial score (nSPS) is 10.0. The van der Waals surface area contributed by atoms with Crippen LogP contribution in [0.5, 0.6) is 0 Å². The number of hydrogen-bond donors (Lipinski definition) is 2. The highest BCUT2D eigenvalue weighted by atomic mass is 32.1. The third-order valence-electron chi connectivity index (χ3n) is 2.03. The van der Waals surface area contributed by atoms with E-state index >= 15 is 0 Å². The molecule has 2 heteroatoms. The van der Waals surface area contributed by atoms with Crippen LogP contribution in [-0.4, -0.2) is 12.3 Å². The van der Waals surface area contributed by atoms with Gasteiger partial charge in [-0.25, -0.2) is 0 Å². The van der Waals surface area contributed by atoms with E-state index in [0.29, 0.717) is 0 Å². The monoisotopic (exact) mass is 195 g/mol. The number of hydrogen-bond acceptors (Lipinski definition) is 2. The first-order chi connectivity index (χ1) is 6.36. The maximum Gasteiger partial charge on any atom is 0.0340 e. The van der Waals surface area contributed by atoms with Gasteiger partial charge in [-0.05, 0) is 36.3 Å². The first-order valence-corrected chi connectivity index (χ1v) is 5.43. The minimum Gasteiger partial charge on any atom is -0.385 e. The Hall–Kier alpha value is -0.630. The molecular formula is C11H17NS. The van der Waals surface area contributed by atoms with E-state index in [-0.39, 0.29) is 0 Å². The molecular weight excluding hydrogens is 178 g/mol. The average molecular weight is 195 g/mol. The zero-order chi connectivity index (χ0) is 9.52. The predicted octanol–water partition coefficient (Wildman–Crippen LogP) is 2.98. The second-order valence-corrected chi connectivity index (χ2v) is 3.50. The summed E-state index contributed by atoms with van der Waals surface area (Å²) >= 11 is 4.16. The lowest BCUT2D eigenvalue weighted by Crippen LogP contribution is -2.01. The Morgan fingerprint density at radius 1 is 1.23 bits per heavy atom. The molecule has 13 heavy (non-hydrogen) atoms. The van der Waals surface area contributed by atoms with Crippen molar-refractivity contribution in [3.05, 3.63) is 29.8 Å². The molecule has 0 aliphatic rings. The molecule has 1 rings (SSSR count). The number of anilines is 1. The molecule has 1 N–H and O–H groups in total. The molecule has 0 atom stereocenters. The fourth-order valence-corrected chi connectivity index (χ4v) is 1.33. The smallest absolute Gasteiger partial charge is 0.0340 e. The van der Waals surface area contributed by atoms with Gasteiger partial charge in [0.2, 0.25) is 0 Å². The number of aryl methyl sites for hydroxylation is 1.